The molecule has 0 bridgehead atoms. The Kier molecular flexibility index (Phi) is 2.84. The zero-order valence-electron chi connectivity index (χ0n) is 6.63. The van der Waals surface area contributed by atoms with Crippen molar-refractivity contribution in [3.05, 3.63) is 0 Å². The van der Waals surface area contributed by atoms with Crippen molar-refractivity contribution in [1.82, 2.24) is 10.6 Å². The molecule has 0 saturated carbocycles. The molecule has 0 aromatic carbocycles. The third-order valence-corrected chi connectivity index (χ3v) is 1.85. The number of amides is 1. The quantitative estimate of drug-likeness (QED) is 0.478. The Morgan fingerprint density at radius 1 is 1.82 bits per heavy atom. The van der Waals surface area contributed by atoms with E-state index in [-0.39, 0.29) is 24.5 Å². The van der Waals surface area contributed by atoms with E-state index < -0.39 is 0 Å². The Bertz CT molecular complexity index is 145. The van der Waals surface area contributed by atoms with Crippen LogP contribution in [0.3, 0.4) is 0 Å². The van der Waals surface area contributed by atoms with Gasteiger partial charge in [0.2, 0.25) is 5.91 Å². The maximum Gasteiger partial charge on any atom is 0.225 e. The van der Waals surface area contributed by atoms with Crippen LogP contribution in [0.5, 0.6) is 0 Å². The smallest absolute Gasteiger partial charge is 0.225 e. The predicted octanol–water partition coefficient (Wildman–Crippen LogP) is -1.30. The summed E-state index contributed by atoms with van der Waals surface area (Å²) in [6.07, 6.45) is 0. The van der Waals surface area contributed by atoms with Crippen molar-refractivity contribution >= 4 is 5.91 Å². The fourth-order valence-electron chi connectivity index (χ4n) is 0.817. The highest BCUT2D eigenvalue weighted by Gasteiger charge is 2.21. The summed E-state index contributed by atoms with van der Waals surface area (Å²) < 4.78 is 0. The molecule has 4 heteroatoms. The lowest BCUT2D eigenvalue weighted by atomic mass is 10.1. The second-order valence-corrected chi connectivity index (χ2v) is 2.95. The van der Waals surface area contributed by atoms with E-state index in [0.29, 0.717) is 0 Å². The summed E-state index contributed by atoms with van der Waals surface area (Å²) in [5.41, 5.74) is 0. The number of hydrogen-bond acceptors (Lipinski definition) is 3. The highest BCUT2D eigenvalue weighted by atomic mass is 16.3. The van der Waals surface area contributed by atoms with Crippen molar-refractivity contribution < 1.29 is 9.90 Å². The molecule has 64 valence electrons. The maximum absolute atomic E-state index is 11.1. The van der Waals surface area contributed by atoms with Gasteiger partial charge >= 0.3 is 0 Å². The van der Waals surface area contributed by atoms with Crippen LogP contribution in [0.25, 0.3) is 0 Å². The molecular formula is C7H14N2O2. The minimum Gasteiger partial charge on any atom is -0.396 e. The van der Waals surface area contributed by atoms with Gasteiger partial charge in [-0.3, -0.25) is 4.79 Å². The Balaban J connectivity index is 2.19. The Morgan fingerprint density at radius 3 is 2.82 bits per heavy atom. The van der Waals surface area contributed by atoms with Crippen molar-refractivity contribution in [2.24, 2.45) is 5.92 Å². The third kappa shape index (κ3) is 2.17. The normalized spacial score (nSPS) is 20.5. The van der Waals surface area contributed by atoms with Crippen LogP contribution in [0.2, 0.25) is 0 Å². The average Bonchev–Trinajstić information content (AvgIpc) is 1.94. The molecule has 1 aliphatic heterocycles. The molecule has 3 N–H and O–H groups in total. The van der Waals surface area contributed by atoms with E-state index >= 15 is 0 Å². The van der Waals surface area contributed by atoms with Gasteiger partial charge in [-0.05, 0) is 0 Å². The number of nitrogens with one attached hydrogen (secondary N) is 2. The molecular weight excluding hydrogens is 144 g/mol. The van der Waals surface area contributed by atoms with Gasteiger partial charge in [-0.25, -0.2) is 0 Å². The molecule has 1 saturated heterocycles. The monoisotopic (exact) mass is 158 g/mol. The topological polar surface area (TPSA) is 61.4 Å². The molecule has 11 heavy (non-hydrogen) atoms. The van der Waals surface area contributed by atoms with Crippen molar-refractivity contribution in [1.29, 1.82) is 0 Å². The van der Waals surface area contributed by atoms with Gasteiger partial charge in [0.15, 0.2) is 0 Å². The zero-order chi connectivity index (χ0) is 8.27. The molecule has 1 aliphatic rings. The van der Waals surface area contributed by atoms with Gasteiger partial charge < -0.3 is 15.7 Å². The van der Waals surface area contributed by atoms with Crippen molar-refractivity contribution in [2.45, 2.75) is 13.0 Å². The van der Waals surface area contributed by atoms with E-state index in [0.717, 1.165) is 13.1 Å². The van der Waals surface area contributed by atoms with Crippen molar-refractivity contribution in [3.8, 4) is 0 Å². The van der Waals surface area contributed by atoms with E-state index in [9.17, 15) is 4.79 Å². The van der Waals surface area contributed by atoms with Crippen LogP contribution >= 0.6 is 0 Å². The molecule has 0 unspecified atom stereocenters. The van der Waals surface area contributed by atoms with E-state index in [1.54, 1.807) is 6.92 Å². The third-order valence-electron chi connectivity index (χ3n) is 1.85. The fraction of sp³-hybridized carbons (Fsp3) is 0.857. The van der Waals surface area contributed by atoms with Crippen LogP contribution in [0, 0.1) is 5.92 Å². The first-order valence-electron chi connectivity index (χ1n) is 3.86. The van der Waals surface area contributed by atoms with Crippen LogP contribution in [-0.4, -0.2) is 36.8 Å². The first-order valence-corrected chi connectivity index (χ1v) is 3.86. The summed E-state index contributed by atoms with van der Waals surface area (Å²) in [6.45, 7) is 3.33. The Labute approximate surface area is 66.0 Å². The van der Waals surface area contributed by atoms with E-state index in [4.69, 9.17) is 5.11 Å². The lowest BCUT2D eigenvalue weighted by molar-refractivity contribution is -0.126. The summed E-state index contributed by atoms with van der Waals surface area (Å²) in [4.78, 5) is 11.1. The number of carbonyl (C=O) groups excluding carboxylic acids is 1. The van der Waals surface area contributed by atoms with Gasteiger partial charge in [0.05, 0.1) is 18.6 Å². The standard InChI is InChI=1S/C7H14N2O2/c1-5(4-10)7(11)9-6-2-8-3-6/h5-6,8,10H,2-4H2,1H3,(H,9,11)/t5-/m0/s1. The molecule has 0 aliphatic carbocycles. The van der Waals surface area contributed by atoms with Crippen molar-refractivity contribution in [2.75, 3.05) is 19.7 Å². The molecule has 1 atom stereocenters. The van der Waals surface area contributed by atoms with Crippen LogP contribution < -0.4 is 10.6 Å². The Morgan fingerprint density at radius 2 is 2.45 bits per heavy atom. The van der Waals surface area contributed by atoms with Crippen LogP contribution in [-0.2, 0) is 4.79 Å². The molecule has 4 nitrogen and oxygen atoms in total. The number of hydrogen-bond donors (Lipinski definition) is 3. The summed E-state index contributed by atoms with van der Waals surface area (Å²) in [6, 6.07) is 0.275. The molecule has 1 heterocycles. The van der Waals surface area contributed by atoms with Gasteiger partial charge in [-0.2, -0.15) is 0 Å². The van der Waals surface area contributed by atoms with Gasteiger partial charge in [0, 0.05) is 13.1 Å². The van der Waals surface area contributed by atoms with E-state index in [1.165, 1.54) is 0 Å². The van der Waals surface area contributed by atoms with Crippen LogP contribution in [0.1, 0.15) is 6.92 Å². The molecule has 0 aromatic rings. The van der Waals surface area contributed by atoms with E-state index in [1.807, 2.05) is 0 Å². The lowest BCUT2D eigenvalue weighted by Crippen LogP contribution is -2.57. The van der Waals surface area contributed by atoms with Gasteiger partial charge in [0.1, 0.15) is 0 Å². The number of carbonyl (C=O) groups is 1. The first kappa shape index (κ1) is 8.49. The minimum atomic E-state index is -0.282. The minimum absolute atomic E-state index is 0.0565. The van der Waals surface area contributed by atoms with E-state index in [2.05, 4.69) is 10.6 Å². The summed E-state index contributed by atoms with van der Waals surface area (Å²) in [5, 5.41) is 14.5. The second-order valence-electron chi connectivity index (χ2n) is 2.95. The molecule has 0 aromatic heterocycles. The molecule has 0 radical (unpaired) electrons. The molecule has 0 spiro atoms. The average molecular weight is 158 g/mol. The summed E-state index contributed by atoms with van der Waals surface area (Å²) in [7, 11) is 0. The predicted molar refractivity (Wildman–Crippen MR) is 41.1 cm³/mol. The summed E-state index contributed by atoms with van der Waals surface area (Å²) in [5.74, 6) is -0.338. The largest absolute Gasteiger partial charge is 0.396 e. The number of aliphatic hydroxyl groups is 1. The van der Waals surface area contributed by atoms with Crippen LogP contribution in [0.4, 0.5) is 0 Å². The van der Waals surface area contributed by atoms with Crippen LogP contribution in [0.15, 0.2) is 0 Å². The number of aliphatic hydroxyl groups excluding tert-OH is 1. The van der Waals surface area contributed by atoms with Gasteiger partial charge in [0.25, 0.3) is 0 Å². The first-order chi connectivity index (χ1) is 5.24. The maximum atomic E-state index is 11.1. The fourth-order valence-corrected chi connectivity index (χ4v) is 0.817. The zero-order valence-corrected chi connectivity index (χ0v) is 6.63. The highest BCUT2D eigenvalue weighted by Crippen LogP contribution is 1.96. The highest BCUT2D eigenvalue weighted by molar-refractivity contribution is 5.78. The van der Waals surface area contributed by atoms with Gasteiger partial charge in [-0.1, -0.05) is 6.92 Å². The van der Waals surface area contributed by atoms with Gasteiger partial charge in [-0.15, -0.1) is 0 Å². The Hall–Kier alpha value is -0.610. The molecule has 1 amide bonds. The molecule has 1 rings (SSSR count). The SMILES string of the molecule is C[C@@H](CO)C(=O)NC1CNC1. The molecule has 1 fully saturated rings. The second kappa shape index (κ2) is 3.69. The lowest BCUT2D eigenvalue weighted by Gasteiger charge is -2.28. The number of rotatable bonds is 3. The summed E-state index contributed by atoms with van der Waals surface area (Å²) >= 11 is 0. The van der Waals surface area contributed by atoms with Crippen molar-refractivity contribution in [3.63, 3.8) is 0 Å².